The zero-order valence-electron chi connectivity index (χ0n) is 46.5. The third-order valence-electron chi connectivity index (χ3n) is 13.6. The molecule has 0 aromatic heterocycles. The zero-order chi connectivity index (χ0) is 50.2. The second-order valence-corrected chi connectivity index (χ2v) is 20.6. The molecule has 2 atom stereocenters. The summed E-state index contributed by atoms with van der Waals surface area (Å²) >= 11 is 0. The number of carbonyl (C=O) groups is 4. The molecule has 0 N–H and O–H groups in total. The first-order valence-electron chi connectivity index (χ1n) is 30.0. The molecule has 0 spiro atoms. The number of hydrogen-bond donors (Lipinski definition) is 0. The molecular formula is C60H114CaO8. The molecule has 0 aliphatic carbocycles. The Morgan fingerprint density at radius 1 is 0.275 bits per heavy atom. The first-order chi connectivity index (χ1) is 33.2. The van der Waals surface area contributed by atoms with Crippen LogP contribution < -0.4 is 10.2 Å². The van der Waals surface area contributed by atoms with Crippen molar-refractivity contribution in [2.75, 3.05) is 0 Å². The van der Waals surface area contributed by atoms with Crippen molar-refractivity contribution in [3.63, 3.8) is 0 Å². The molecule has 9 heteroatoms. The molecular weight excluding hydrogens is 889 g/mol. The SMILES string of the molecule is CCCCCCCCCCCC(=O)OC(CCCCCCC)CCCCCCCCCC(=O)[O-].CCCCCCCCCCCC(=O)OC(CCCCCCC)CCCCCCCCCC(=O)[O-].[Ca+2]. The molecule has 0 aromatic carbocycles. The Morgan fingerprint density at radius 3 is 0.652 bits per heavy atom. The number of hydrogen-bond acceptors (Lipinski definition) is 8. The number of ether oxygens (including phenoxy) is 2. The van der Waals surface area contributed by atoms with Gasteiger partial charge in [-0.15, -0.1) is 0 Å². The fraction of sp³-hybridized carbons (Fsp3) is 0.933. The molecule has 0 heterocycles. The average molecular weight is 1000 g/mol. The molecule has 0 aliphatic heterocycles. The van der Waals surface area contributed by atoms with Gasteiger partial charge in [-0.2, -0.15) is 0 Å². The van der Waals surface area contributed by atoms with E-state index in [0.29, 0.717) is 12.8 Å². The Balaban J connectivity index is -0.00000124. The normalized spacial score (nSPS) is 11.9. The molecule has 0 rings (SSSR count). The Labute approximate surface area is 458 Å². The van der Waals surface area contributed by atoms with Gasteiger partial charge in [0, 0.05) is 24.8 Å². The number of aliphatic carboxylic acids is 2. The van der Waals surface area contributed by atoms with Gasteiger partial charge in [0.2, 0.25) is 0 Å². The molecule has 2 unspecified atom stereocenters. The van der Waals surface area contributed by atoms with Crippen LogP contribution in [0.15, 0.2) is 0 Å². The van der Waals surface area contributed by atoms with Crippen LogP contribution >= 0.6 is 0 Å². The fourth-order valence-electron chi connectivity index (χ4n) is 9.18. The van der Waals surface area contributed by atoms with Gasteiger partial charge in [0.15, 0.2) is 0 Å². The summed E-state index contributed by atoms with van der Waals surface area (Å²) < 4.78 is 11.8. The molecule has 0 aromatic rings. The van der Waals surface area contributed by atoms with E-state index in [1.54, 1.807) is 0 Å². The number of carbonyl (C=O) groups excluding carboxylic acids is 4. The first-order valence-corrected chi connectivity index (χ1v) is 30.0. The molecule has 0 aliphatic rings. The van der Waals surface area contributed by atoms with Crippen molar-refractivity contribution >= 4 is 61.6 Å². The predicted octanol–water partition coefficient (Wildman–Crippen LogP) is 16.5. The Kier molecular flexibility index (Phi) is 64.5. The summed E-state index contributed by atoms with van der Waals surface area (Å²) in [7, 11) is 0. The average Bonchev–Trinajstić information content (AvgIpc) is 3.31. The maximum atomic E-state index is 12.4. The minimum atomic E-state index is -0.937. The molecule has 8 nitrogen and oxygen atoms in total. The molecule has 0 amide bonds. The third-order valence-corrected chi connectivity index (χ3v) is 13.6. The second-order valence-electron chi connectivity index (χ2n) is 20.6. The van der Waals surface area contributed by atoms with E-state index in [1.165, 1.54) is 167 Å². The van der Waals surface area contributed by atoms with Crippen molar-refractivity contribution in [1.29, 1.82) is 0 Å². The van der Waals surface area contributed by atoms with Gasteiger partial charge >= 0.3 is 49.7 Å². The van der Waals surface area contributed by atoms with E-state index >= 15 is 0 Å². The van der Waals surface area contributed by atoms with Crippen LogP contribution in [0, 0.1) is 0 Å². The Bertz CT molecular complexity index is 988. The minimum absolute atomic E-state index is 0. The summed E-state index contributed by atoms with van der Waals surface area (Å²) in [6, 6.07) is 0. The largest absolute Gasteiger partial charge is 2.00 e. The molecule has 69 heavy (non-hydrogen) atoms. The third kappa shape index (κ3) is 63.2. The molecule has 0 bridgehead atoms. The summed E-state index contributed by atoms with van der Waals surface area (Å²) in [4.78, 5) is 45.7. The molecule has 404 valence electrons. The Hall–Kier alpha value is -0.860. The number of esters is 2. The van der Waals surface area contributed by atoms with Gasteiger partial charge in [-0.1, -0.05) is 246 Å². The minimum Gasteiger partial charge on any atom is -0.550 e. The van der Waals surface area contributed by atoms with E-state index in [9.17, 15) is 29.4 Å². The summed E-state index contributed by atoms with van der Waals surface area (Å²) in [5.74, 6) is -1.86. The standard InChI is InChI=1S/2C30H58O4.Ca/c2*1-3-5-7-9-10-11-15-19-23-27-30(33)34-28(24-20-16-8-6-4-2)25-21-17-13-12-14-18-22-26-29(31)32;/h2*28H,3-27H2,1-2H3,(H,31,32);/q;;+2/p-2. The van der Waals surface area contributed by atoms with E-state index < -0.39 is 11.9 Å². The van der Waals surface area contributed by atoms with Crippen molar-refractivity contribution in [1.82, 2.24) is 0 Å². The van der Waals surface area contributed by atoms with Gasteiger partial charge in [0.25, 0.3) is 0 Å². The van der Waals surface area contributed by atoms with Gasteiger partial charge < -0.3 is 29.3 Å². The summed E-state index contributed by atoms with van der Waals surface area (Å²) in [6.07, 6.45) is 55.8. The van der Waals surface area contributed by atoms with Crippen LogP contribution in [0.5, 0.6) is 0 Å². The van der Waals surface area contributed by atoms with Crippen molar-refractivity contribution in [3.8, 4) is 0 Å². The van der Waals surface area contributed by atoms with Gasteiger partial charge in [-0.3, -0.25) is 9.59 Å². The summed E-state index contributed by atoms with van der Waals surface area (Å²) in [6.45, 7) is 8.98. The topological polar surface area (TPSA) is 133 Å². The molecule has 0 saturated heterocycles. The molecule has 0 fully saturated rings. The second kappa shape index (κ2) is 61.4. The maximum Gasteiger partial charge on any atom is 2.00 e. The zero-order valence-corrected chi connectivity index (χ0v) is 48.7. The maximum absolute atomic E-state index is 12.4. The van der Waals surface area contributed by atoms with E-state index in [4.69, 9.17) is 9.47 Å². The summed E-state index contributed by atoms with van der Waals surface area (Å²) in [5, 5.41) is 20.9. The number of unbranched alkanes of at least 4 members (excludes halogenated alkanes) is 36. The van der Waals surface area contributed by atoms with Crippen LogP contribution in [0.3, 0.4) is 0 Å². The van der Waals surface area contributed by atoms with E-state index in [0.717, 1.165) is 128 Å². The number of carboxylic acid groups (broad SMARTS) is 2. The number of carboxylic acids is 2. The van der Waals surface area contributed by atoms with Crippen molar-refractivity contribution in [2.24, 2.45) is 0 Å². The van der Waals surface area contributed by atoms with Crippen LogP contribution in [-0.2, 0) is 28.7 Å². The van der Waals surface area contributed by atoms with Crippen LogP contribution in [0.25, 0.3) is 0 Å². The monoisotopic (exact) mass is 1000 g/mol. The van der Waals surface area contributed by atoms with Crippen LogP contribution in [0.4, 0.5) is 0 Å². The van der Waals surface area contributed by atoms with Crippen molar-refractivity contribution in [2.45, 2.75) is 361 Å². The van der Waals surface area contributed by atoms with Crippen LogP contribution in [-0.4, -0.2) is 73.8 Å². The number of rotatable bonds is 54. The van der Waals surface area contributed by atoms with Crippen LogP contribution in [0.1, 0.15) is 349 Å². The molecule has 0 radical (unpaired) electrons. The summed E-state index contributed by atoms with van der Waals surface area (Å²) in [5.41, 5.74) is 0. The molecule has 0 saturated carbocycles. The van der Waals surface area contributed by atoms with Gasteiger partial charge in [0.1, 0.15) is 12.2 Å². The van der Waals surface area contributed by atoms with E-state index in [-0.39, 0.29) is 74.7 Å². The van der Waals surface area contributed by atoms with Crippen molar-refractivity contribution in [3.05, 3.63) is 0 Å². The van der Waals surface area contributed by atoms with E-state index in [1.807, 2.05) is 0 Å². The smallest absolute Gasteiger partial charge is 0.550 e. The van der Waals surface area contributed by atoms with Crippen molar-refractivity contribution < 1.29 is 38.9 Å². The van der Waals surface area contributed by atoms with Gasteiger partial charge in [-0.05, 0) is 89.9 Å². The van der Waals surface area contributed by atoms with Gasteiger partial charge in [-0.25, -0.2) is 0 Å². The quantitative estimate of drug-likeness (QED) is 0.0334. The Morgan fingerprint density at radius 2 is 0.449 bits per heavy atom. The first kappa shape index (κ1) is 72.4. The predicted molar refractivity (Wildman–Crippen MR) is 289 cm³/mol. The fourth-order valence-corrected chi connectivity index (χ4v) is 9.18. The van der Waals surface area contributed by atoms with E-state index in [2.05, 4.69) is 27.7 Å². The van der Waals surface area contributed by atoms with Gasteiger partial charge in [0.05, 0.1) is 0 Å². The van der Waals surface area contributed by atoms with Crippen LogP contribution in [0.2, 0.25) is 0 Å².